The Morgan fingerprint density at radius 1 is 1.40 bits per heavy atom. The molecule has 104 valence electrons. The van der Waals surface area contributed by atoms with Gasteiger partial charge in [0.15, 0.2) is 5.69 Å². The zero-order valence-corrected chi connectivity index (χ0v) is 10.7. The van der Waals surface area contributed by atoms with Gasteiger partial charge in [-0.2, -0.15) is 0 Å². The van der Waals surface area contributed by atoms with Gasteiger partial charge in [-0.15, -0.1) is 5.10 Å². The predicted molar refractivity (Wildman–Crippen MR) is 70.8 cm³/mol. The van der Waals surface area contributed by atoms with Crippen molar-refractivity contribution in [1.82, 2.24) is 15.0 Å². The van der Waals surface area contributed by atoms with Crippen molar-refractivity contribution in [3.63, 3.8) is 0 Å². The van der Waals surface area contributed by atoms with E-state index >= 15 is 0 Å². The first-order valence-corrected chi connectivity index (χ1v) is 5.71. The molecule has 1 aromatic carbocycles. The summed E-state index contributed by atoms with van der Waals surface area (Å²) >= 11 is 0. The van der Waals surface area contributed by atoms with Crippen LogP contribution in [0.5, 0.6) is 0 Å². The molecule has 0 unspecified atom stereocenters. The molecule has 0 saturated carbocycles. The highest BCUT2D eigenvalue weighted by molar-refractivity contribution is 5.93. The highest BCUT2D eigenvalue weighted by atomic mass is 16.4. The second-order valence-corrected chi connectivity index (χ2v) is 4.29. The topological polar surface area (TPSA) is 137 Å². The molecule has 0 bridgehead atoms. The molecular weight excluding hydrogens is 262 g/mol. The van der Waals surface area contributed by atoms with E-state index in [1.807, 2.05) is 6.92 Å². The number of nitrogen functional groups attached to an aromatic ring is 1. The standard InChI is InChI=1S/C12H13N5O3/c1-6-2-3-7(4-8(6)13)11-10(12(19)20)15-16-17(11)5-9(14)18/h2-4H,5,13H2,1H3,(H2,14,18)(H,19,20). The molecular formula is C12H13N5O3. The molecule has 8 heteroatoms. The van der Waals surface area contributed by atoms with E-state index in [2.05, 4.69) is 10.3 Å². The first-order valence-electron chi connectivity index (χ1n) is 5.71. The van der Waals surface area contributed by atoms with Gasteiger partial charge in [0, 0.05) is 11.3 Å². The fourth-order valence-electron chi connectivity index (χ4n) is 1.79. The van der Waals surface area contributed by atoms with E-state index in [4.69, 9.17) is 16.6 Å². The summed E-state index contributed by atoms with van der Waals surface area (Å²) in [5, 5.41) is 16.3. The van der Waals surface area contributed by atoms with Crippen molar-refractivity contribution in [2.24, 2.45) is 5.73 Å². The van der Waals surface area contributed by atoms with Crippen molar-refractivity contribution in [3.05, 3.63) is 29.5 Å². The number of carbonyl (C=O) groups excluding carboxylic acids is 1. The average molecular weight is 275 g/mol. The van der Waals surface area contributed by atoms with Crippen molar-refractivity contribution in [3.8, 4) is 11.3 Å². The molecule has 1 aromatic heterocycles. The Kier molecular flexibility index (Phi) is 3.38. The van der Waals surface area contributed by atoms with E-state index in [0.717, 1.165) is 10.2 Å². The predicted octanol–water partition coefficient (Wildman–Crippen LogP) is 0.0192. The van der Waals surface area contributed by atoms with E-state index in [9.17, 15) is 9.59 Å². The maximum absolute atomic E-state index is 11.2. The molecule has 0 aliphatic heterocycles. The Balaban J connectivity index is 2.62. The maximum atomic E-state index is 11.2. The van der Waals surface area contributed by atoms with Crippen LogP contribution < -0.4 is 11.5 Å². The number of benzene rings is 1. The summed E-state index contributed by atoms with van der Waals surface area (Å²) in [6, 6.07) is 5.05. The number of carboxylic acid groups (broad SMARTS) is 1. The van der Waals surface area contributed by atoms with Gasteiger partial charge in [-0.1, -0.05) is 17.3 Å². The van der Waals surface area contributed by atoms with Gasteiger partial charge in [0.05, 0.1) is 0 Å². The summed E-state index contributed by atoms with van der Waals surface area (Å²) < 4.78 is 1.15. The van der Waals surface area contributed by atoms with E-state index in [1.54, 1.807) is 18.2 Å². The molecule has 0 aliphatic carbocycles. The van der Waals surface area contributed by atoms with Crippen molar-refractivity contribution in [2.75, 3.05) is 5.73 Å². The number of hydrogen-bond donors (Lipinski definition) is 3. The number of aromatic carboxylic acids is 1. The summed E-state index contributed by atoms with van der Waals surface area (Å²) in [7, 11) is 0. The Bertz CT molecular complexity index is 692. The van der Waals surface area contributed by atoms with Crippen LogP contribution in [-0.2, 0) is 11.3 Å². The van der Waals surface area contributed by atoms with E-state index < -0.39 is 11.9 Å². The summed E-state index contributed by atoms with van der Waals surface area (Å²) in [6.45, 7) is 1.57. The second kappa shape index (κ2) is 5.00. The molecule has 20 heavy (non-hydrogen) atoms. The summed E-state index contributed by atoms with van der Waals surface area (Å²) in [6.07, 6.45) is 0. The lowest BCUT2D eigenvalue weighted by Gasteiger charge is -2.07. The Labute approximate surface area is 114 Å². The van der Waals surface area contributed by atoms with Crippen LogP contribution in [0.15, 0.2) is 18.2 Å². The normalized spacial score (nSPS) is 10.4. The van der Waals surface area contributed by atoms with Crippen LogP contribution in [0.25, 0.3) is 11.3 Å². The van der Waals surface area contributed by atoms with E-state index in [0.29, 0.717) is 11.3 Å². The molecule has 0 fully saturated rings. The number of rotatable bonds is 4. The minimum atomic E-state index is -1.24. The summed E-state index contributed by atoms with van der Waals surface area (Å²) in [5.41, 5.74) is 12.7. The number of carboxylic acids is 1. The number of aromatic nitrogens is 3. The second-order valence-electron chi connectivity index (χ2n) is 4.29. The quantitative estimate of drug-likeness (QED) is 0.672. The monoisotopic (exact) mass is 275 g/mol. The Hall–Kier alpha value is -2.90. The summed E-state index contributed by atoms with van der Waals surface area (Å²) in [4.78, 5) is 22.2. The van der Waals surface area contributed by atoms with E-state index in [1.165, 1.54) is 0 Å². The molecule has 8 nitrogen and oxygen atoms in total. The third-order valence-corrected chi connectivity index (χ3v) is 2.80. The molecule has 0 spiro atoms. The molecule has 0 radical (unpaired) electrons. The number of carbonyl (C=O) groups is 2. The highest BCUT2D eigenvalue weighted by Crippen LogP contribution is 2.26. The molecule has 2 aromatic rings. The van der Waals surface area contributed by atoms with Crippen LogP contribution in [0.2, 0.25) is 0 Å². The van der Waals surface area contributed by atoms with Crippen LogP contribution in [0.1, 0.15) is 16.1 Å². The number of anilines is 1. The fraction of sp³-hybridized carbons (Fsp3) is 0.167. The lowest BCUT2D eigenvalue weighted by Crippen LogP contribution is -2.20. The van der Waals surface area contributed by atoms with Crippen LogP contribution >= 0.6 is 0 Å². The van der Waals surface area contributed by atoms with Crippen molar-refractivity contribution < 1.29 is 14.7 Å². The van der Waals surface area contributed by atoms with Crippen LogP contribution in [-0.4, -0.2) is 32.0 Å². The van der Waals surface area contributed by atoms with Gasteiger partial charge in [0.25, 0.3) is 0 Å². The number of nitrogens with two attached hydrogens (primary N) is 2. The highest BCUT2D eigenvalue weighted by Gasteiger charge is 2.21. The molecule has 0 aliphatic rings. The van der Waals surface area contributed by atoms with Gasteiger partial charge in [0.1, 0.15) is 12.2 Å². The van der Waals surface area contributed by atoms with Crippen molar-refractivity contribution >= 4 is 17.6 Å². The number of amides is 1. The van der Waals surface area contributed by atoms with Gasteiger partial charge in [-0.3, -0.25) is 4.79 Å². The zero-order valence-electron chi connectivity index (χ0n) is 10.7. The number of hydrogen-bond acceptors (Lipinski definition) is 5. The Morgan fingerprint density at radius 2 is 2.10 bits per heavy atom. The lowest BCUT2D eigenvalue weighted by atomic mass is 10.1. The average Bonchev–Trinajstić information content (AvgIpc) is 2.75. The lowest BCUT2D eigenvalue weighted by molar-refractivity contribution is -0.118. The first kappa shape index (κ1) is 13.5. The van der Waals surface area contributed by atoms with Crippen molar-refractivity contribution in [2.45, 2.75) is 13.5 Å². The largest absolute Gasteiger partial charge is 0.476 e. The number of primary amides is 1. The third kappa shape index (κ3) is 2.44. The SMILES string of the molecule is Cc1ccc(-c2c(C(=O)O)nnn2CC(N)=O)cc1N. The van der Waals surface area contributed by atoms with Gasteiger partial charge in [0.2, 0.25) is 5.91 Å². The van der Waals surface area contributed by atoms with Crippen LogP contribution in [0, 0.1) is 6.92 Å². The minimum absolute atomic E-state index is 0.197. The van der Waals surface area contributed by atoms with Gasteiger partial charge >= 0.3 is 5.97 Å². The third-order valence-electron chi connectivity index (χ3n) is 2.80. The van der Waals surface area contributed by atoms with Crippen LogP contribution in [0.4, 0.5) is 5.69 Å². The zero-order chi connectivity index (χ0) is 14.9. The number of nitrogens with zero attached hydrogens (tertiary/aromatic N) is 3. The molecule has 1 heterocycles. The molecule has 1 amide bonds. The van der Waals surface area contributed by atoms with E-state index in [-0.39, 0.29) is 17.9 Å². The first-order chi connectivity index (χ1) is 9.40. The fourth-order valence-corrected chi connectivity index (χ4v) is 1.79. The van der Waals surface area contributed by atoms with Crippen LogP contribution in [0.3, 0.4) is 0 Å². The van der Waals surface area contributed by atoms with Gasteiger partial charge in [-0.05, 0) is 18.6 Å². The maximum Gasteiger partial charge on any atom is 0.358 e. The molecule has 5 N–H and O–H groups in total. The van der Waals surface area contributed by atoms with Gasteiger partial charge < -0.3 is 16.6 Å². The molecule has 0 atom stereocenters. The molecule has 2 rings (SSSR count). The Morgan fingerprint density at radius 3 is 2.65 bits per heavy atom. The minimum Gasteiger partial charge on any atom is -0.476 e. The van der Waals surface area contributed by atoms with Gasteiger partial charge in [-0.25, -0.2) is 9.48 Å². The molecule has 0 saturated heterocycles. The van der Waals surface area contributed by atoms with Crippen molar-refractivity contribution in [1.29, 1.82) is 0 Å². The number of aryl methyl sites for hydroxylation is 1. The smallest absolute Gasteiger partial charge is 0.358 e. The summed E-state index contributed by atoms with van der Waals surface area (Å²) in [5.74, 6) is -1.89.